The zero-order chi connectivity index (χ0) is 12.0. The predicted octanol–water partition coefficient (Wildman–Crippen LogP) is 3.77. The van der Waals surface area contributed by atoms with Crippen LogP contribution in [0.2, 0.25) is 0 Å². The summed E-state index contributed by atoms with van der Waals surface area (Å²) in [5.41, 5.74) is 0. The quantitative estimate of drug-likeness (QED) is 0.694. The summed E-state index contributed by atoms with van der Waals surface area (Å²) in [5, 5.41) is 1.05. The Hall–Kier alpha value is 0.400. The molecule has 3 atom stereocenters. The molecule has 2 nitrogen and oxygen atoms in total. The van der Waals surface area contributed by atoms with Crippen LogP contribution in [0.15, 0.2) is 0 Å². The van der Waals surface area contributed by atoms with E-state index in [1.165, 1.54) is 12.8 Å². The summed E-state index contributed by atoms with van der Waals surface area (Å²) < 4.78 is 11.7. The lowest BCUT2D eigenvalue weighted by molar-refractivity contribution is -0.106. The van der Waals surface area contributed by atoms with E-state index in [1.54, 1.807) is 0 Å². The highest BCUT2D eigenvalue weighted by Crippen LogP contribution is 2.23. The highest BCUT2D eigenvalue weighted by molar-refractivity contribution is 9.09. The first-order valence-electron chi connectivity index (χ1n) is 6.48. The fourth-order valence-corrected chi connectivity index (χ4v) is 2.88. The average molecular weight is 293 g/mol. The lowest BCUT2D eigenvalue weighted by Crippen LogP contribution is -2.35. The second kappa shape index (κ2) is 7.67. The van der Waals surface area contributed by atoms with Crippen LogP contribution in [-0.2, 0) is 9.47 Å². The summed E-state index contributed by atoms with van der Waals surface area (Å²) in [6.07, 6.45) is 5.68. The molecule has 1 aliphatic heterocycles. The van der Waals surface area contributed by atoms with Gasteiger partial charge in [0.1, 0.15) is 0 Å². The standard InChI is InChI=1S/C13H25BrO2/c1-4-5-12(8-14)9-15-13-6-10(2)16-11(3)7-13/h10-13H,4-9H2,1-3H3. The monoisotopic (exact) mass is 292 g/mol. The molecule has 96 valence electrons. The van der Waals surface area contributed by atoms with Crippen LogP contribution in [0, 0.1) is 5.92 Å². The van der Waals surface area contributed by atoms with Gasteiger partial charge in [0.25, 0.3) is 0 Å². The Morgan fingerprint density at radius 2 is 1.94 bits per heavy atom. The van der Waals surface area contributed by atoms with Crippen LogP contribution in [0.25, 0.3) is 0 Å². The van der Waals surface area contributed by atoms with Crippen molar-refractivity contribution in [3.63, 3.8) is 0 Å². The van der Waals surface area contributed by atoms with Crippen LogP contribution >= 0.6 is 15.9 Å². The van der Waals surface area contributed by atoms with E-state index < -0.39 is 0 Å². The first kappa shape index (κ1) is 14.5. The van der Waals surface area contributed by atoms with Gasteiger partial charge in [-0.25, -0.2) is 0 Å². The van der Waals surface area contributed by atoms with Crippen LogP contribution in [0.4, 0.5) is 0 Å². The van der Waals surface area contributed by atoms with E-state index in [0.717, 1.165) is 24.8 Å². The molecular formula is C13H25BrO2. The molecule has 0 aliphatic carbocycles. The van der Waals surface area contributed by atoms with Crippen molar-refractivity contribution in [3.8, 4) is 0 Å². The van der Waals surface area contributed by atoms with Gasteiger partial charge in [0, 0.05) is 5.33 Å². The highest BCUT2D eigenvalue weighted by Gasteiger charge is 2.25. The fourth-order valence-electron chi connectivity index (χ4n) is 2.37. The SMILES string of the molecule is CCCC(CBr)COC1CC(C)OC(C)C1. The normalized spacial score (nSPS) is 32.6. The van der Waals surface area contributed by atoms with Crippen molar-refractivity contribution in [1.29, 1.82) is 0 Å². The van der Waals surface area contributed by atoms with E-state index in [0.29, 0.717) is 24.2 Å². The Labute approximate surface area is 108 Å². The maximum atomic E-state index is 6.02. The topological polar surface area (TPSA) is 18.5 Å². The largest absolute Gasteiger partial charge is 0.378 e. The summed E-state index contributed by atoms with van der Waals surface area (Å²) in [4.78, 5) is 0. The van der Waals surface area contributed by atoms with E-state index in [-0.39, 0.29) is 0 Å². The zero-order valence-corrected chi connectivity index (χ0v) is 12.3. The lowest BCUT2D eigenvalue weighted by atomic mass is 10.0. The lowest BCUT2D eigenvalue weighted by Gasteiger charge is -2.32. The van der Waals surface area contributed by atoms with Gasteiger partial charge >= 0.3 is 0 Å². The van der Waals surface area contributed by atoms with Crippen molar-refractivity contribution in [3.05, 3.63) is 0 Å². The molecule has 0 radical (unpaired) electrons. The molecule has 0 aromatic rings. The maximum absolute atomic E-state index is 6.02. The van der Waals surface area contributed by atoms with E-state index in [1.807, 2.05) is 0 Å². The molecule has 0 aromatic heterocycles. The second-order valence-electron chi connectivity index (χ2n) is 4.99. The molecule has 1 heterocycles. The van der Waals surface area contributed by atoms with E-state index in [2.05, 4.69) is 36.7 Å². The fraction of sp³-hybridized carbons (Fsp3) is 1.00. The second-order valence-corrected chi connectivity index (χ2v) is 5.64. The molecule has 0 N–H and O–H groups in total. The smallest absolute Gasteiger partial charge is 0.0624 e. The molecule has 1 rings (SSSR count). The molecule has 0 aromatic carbocycles. The average Bonchev–Trinajstić information content (AvgIpc) is 2.23. The Morgan fingerprint density at radius 3 is 2.44 bits per heavy atom. The molecular weight excluding hydrogens is 268 g/mol. The third-order valence-electron chi connectivity index (χ3n) is 3.14. The summed E-state index contributed by atoms with van der Waals surface area (Å²) in [6, 6.07) is 0. The van der Waals surface area contributed by atoms with E-state index >= 15 is 0 Å². The first-order valence-corrected chi connectivity index (χ1v) is 7.60. The van der Waals surface area contributed by atoms with Gasteiger partial charge < -0.3 is 9.47 Å². The van der Waals surface area contributed by atoms with Gasteiger partial charge in [-0.1, -0.05) is 29.3 Å². The van der Waals surface area contributed by atoms with Crippen LogP contribution in [0.5, 0.6) is 0 Å². The Bertz CT molecular complexity index is 177. The van der Waals surface area contributed by atoms with Crippen LogP contribution in [0.3, 0.4) is 0 Å². The summed E-state index contributed by atoms with van der Waals surface area (Å²) in [5.74, 6) is 0.665. The van der Waals surface area contributed by atoms with Gasteiger partial charge in [0.2, 0.25) is 0 Å². The molecule has 0 spiro atoms. The van der Waals surface area contributed by atoms with Crippen molar-refractivity contribution in [2.24, 2.45) is 5.92 Å². The summed E-state index contributed by atoms with van der Waals surface area (Å²) in [6.45, 7) is 7.40. The van der Waals surface area contributed by atoms with Gasteiger partial charge in [-0.3, -0.25) is 0 Å². The Balaban J connectivity index is 2.25. The Morgan fingerprint density at radius 1 is 1.31 bits per heavy atom. The van der Waals surface area contributed by atoms with E-state index in [4.69, 9.17) is 9.47 Å². The molecule has 0 saturated carbocycles. The van der Waals surface area contributed by atoms with Crippen molar-refractivity contribution >= 4 is 15.9 Å². The van der Waals surface area contributed by atoms with Gasteiger partial charge in [-0.2, -0.15) is 0 Å². The third kappa shape index (κ3) is 5.15. The Kier molecular flexibility index (Phi) is 6.94. The molecule has 1 aliphatic rings. The summed E-state index contributed by atoms with van der Waals surface area (Å²) >= 11 is 3.56. The van der Waals surface area contributed by atoms with Gasteiger partial charge in [-0.15, -0.1) is 0 Å². The van der Waals surface area contributed by atoms with Crippen LogP contribution < -0.4 is 0 Å². The number of hydrogen-bond acceptors (Lipinski definition) is 2. The van der Waals surface area contributed by atoms with Gasteiger partial charge in [0.05, 0.1) is 24.9 Å². The molecule has 3 heteroatoms. The van der Waals surface area contributed by atoms with Crippen molar-refractivity contribution < 1.29 is 9.47 Å². The molecule has 16 heavy (non-hydrogen) atoms. The van der Waals surface area contributed by atoms with Crippen LogP contribution in [0.1, 0.15) is 46.5 Å². The third-order valence-corrected chi connectivity index (χ3v) is 4.05. The van der Waals surface area contributed by atoms with Crippen LogP contribution in [-0.4, -0.2) is 30.2 Å². The summed E-state index contributed by atoms with van der Waals surface area (Å²) in [7, 11) is 0. The highest BCUT2D eigenvalue weighted by atomic mass is 79.9. The number of hydrogen-bond donors (Lipinski definition) is 0. The first-order chi connectivity index (χ1) is 7.65. The minimum atomic E-state index is 0.349. The predicted molar refractivity (Wildman–Crippen MR) is 71.2 cm³/mol. The van der Waals surface area contributed by atoms with E-state index in [9.17, 15) is 0 Å². The molecule has 1 fully saturated rings. The minimum Gasteiger partial charge on any atom is -0.378 e. The number of halogens is 1. The number of ether oxygens (including phenoxy) is 2. The van der Waals surface area contributed by atoms with Crippen molar-refractivity contribution in [2.45, 2.75) is 64.8 Å². The van der Waals surface area contributed by atoms with Gasteiger partial charge in [0.15, 0.2) is 0 Å². The van der Waals surface area contributed by atoms with Crippen molar-refractivity contribution in [2.75, 3.05) is 11.9 Å². The number of alkyl halides is 1. The minimum absolute atomic E-state index is 0.349. The van der Waals surface area contributed by atoms with Gasteiger partial charge in [-0.05, 0) is 39.0 Å². The molecule has 3 unspecified atom stereocenters. The molecule has 0 amide bonds. The molecule has 0 bridgehead atoms. The number of rotatable bonds is 6. The molecule has 1 saturated heterocycles. The van der Waals surface area contributed by atoms with Crippen molar-refractivity contribution in [1.82, 2.24) is 0 Å². The maximum Gasteiger partial charge on any atom is 0.0624 e. The zero-order valence-electron chi connectivity index (χ0n) is 10.7.